The Morgan fingerprint density at radius 2 is 1.76 bits per heavy atom. The third-order valence-corrected chi connectivity index (χ3v) is 4.51. The fourth-order valence-electron chi connectivity index (χ4n) is 2.34. The van der Waals surface area contributed by atoms with E-state index < -0.39 is 0 Å². The van der Waals surface area contributed by atoms with Gasteiger partial charge < -0.3 is 10.2 Å². The molecule has 0 aliphatic carbocycles. The van der Waals surface area contributed by atoms with Crippen LogP contribution in [0.2, 0.25) is 0 Å². The van der Waals surface area contributed by atoms with Crippen LogP contribution in [0.3, 0.4) is 0 Å². The van der Waals surface area contributed by atoms with Gasteiger partial charge in [-0.1, -0.05) is 11.3 Å². The summed E-state index contributed by atoms with van der Waals surface area (Å²) in [4.78, 5) is 29.9. The fourth-order valence-corrected chi connectivity index (χ4v) is 3.24. The smallest absolute Gasteiger partial charge is 0.257 e. The summed E-state index contributed by atoms with van der Waals surface area (Å²) >= 11 is 1.37. The average Bonchev–Trinajstić information content (AvgIpc) is 2.95. The van der Waals surface area contributed by atoms with E-state index in [1.165, 1.54) is 18.3 Å². The normalized spacial score (nSPS) is 10.5. The van der Waals surface area contributed by atoms with Crippen molar-refractivity contribution in [2.24, 2.45) is 0 Å². The minimum Gasteiger partial charge on any atom is -0.378 e. The van der Waals surface area contributed by atoms with Crippen molar-refractivity contribution in [1.29, 1.82) is 0 Å². The monoisotopic (exact) mass is 354 g/mol. The standard InChI is InChI=1S/C18H18N4O2S/c1-11(23)19-13-6-9-15-16(10-13)25-18(20-15)21-17(24)12-4-7-14(8-5-12)22(2)3/h4-10H,1-3H3,(H,19,23)(H,20,21,24). The highest BCUT2D eigenvalue weighted by Crippen LogP contribution is 2.28. The number of aromatic nitrogens is 1. The summed E-state index contributed by atoms with van der Waals surface area (Å²) in [5, 5.41) is 6.08. The zero-order valence-electron chi connectivity index (χ0n) is 14.2. The topological polar surface area (TPSA) is 74.3 Å². The maximum atomic E-state index is 12.4. The predicted octanol–water partition coefficient (Wildman–Crippen LogP) is 3.57. The third-order valence-electron chi connectivity index (χ3n) is 3.58. The van der Waals surface area contributed by atoms with Gasteiger partial charge in [-0.15, -0.1) is 0 Å². The molecule has 3 rings (SSSR count). The molecule has 128 valence electrons. The van der Waals surface area contributed by atoms with Gasteiger partial charge in [0.1, 0.15) is 0 Å². The highest BCUT2D eigenvalue weighted by atomic mass is 32.1. The molecule has 1 aromatic heterocycles. The summed E-state index contributed by atoms with van der Waals surface area (Å²) in [6.07, 6.45) is 0. The summed E-state index contributed by atoms with van der Waals surface area (Å²) in [6.45, 7) is 1.46. The molecule has 0 unspecified atom stereocenters. The number of benzene rings is 2. The van der Waals surface area contributed by atoms with Crippen molar-refractivity contribution in [3.8, 4) is 0 Å². The second-order valence-corrected chi connectivity index (χ2v) is 6.81. The molecule has 6 nitrogen and oxygen atoms in total. The number of anilines is 3. The molecule has 0 saturated heterocycles. The molecule has 25 heavy (non-hydrogen) atoms. The Kier molecular flexibility index (Phi) is 4.67. The lowest BCUT2D eigenvalue weighted by Gasteiger charge is -2.12. The van der Waals surface area contributed by atoms with Crippen LogP contribution in [0, 0.1) is 0 Å². The van der Waals surface area contributed by atoms with Gasteiger partial charge in [-0.25, -0.2) is 4.98 Å². The fraction of sp³-hybridized carbons (Fsp3) is 0.167. The molecule has 0 radical (unpaired) electrons. The van der Waals surface area contributed by atoms with Gasteiger partial charge in [-0.2, -0.15) is 0 Å². The molecule has 7 heteroatoms. The first-order valence-electron chi connectivity index (χ1n) is 7.69. The van der Waals surface area contributed by atoms with E-state index in [1.807, 2.05) is 43.3 Å². The number of rotatable bonds is 4. The van der Waals surface area contributed by atoms with E-state index in [9.17, 15) is 9.59 Å². The summed E-state index contributed by atoms with van der Waals surface area (Å²) < 4.78 is 0.893. The number of amides is 2. The minimum absolute atomic E-state index is 0.126. The van der Waals surface area contributed by atoms with Crippen LogP contribution in [0.4, 0.5) is 16.5 Å². The number of carbonyl (C=O) groups excluding carboxylic acids is 2. The highest BCUT2D eigenvalue weighted by Gasteiger charge is 2.11. The lowest BCUT2D eigenvalue weighted by molar-refractivity contribution is -0.114. The van der Waals surface area contributed by atoms with Crippen LogP contribution in [0.25, 0.3) is 10.2 Å². The molecule has 0 aliphatic heterocycles. The zero-order valence-corrected chi connectivity index (χ0v) is 15.0. The van der Waals surface area contributed by atoms with E-state index in [0.717, 1.165) is 15.9 Å². The van der Waals surface area contributed by atoms with E-state index >= 15 is 0 Å². The van der Waals surface area contributed by atoms with Gasteiger partial charge in [0.05, 0.1) is 10.2 Å². The number of carbonyl (C=O) groups is 2. The Morgan fingerprint density at radius 1 is 1.04 bits per heavy atom. The van der Waals surface area contributed by atoms with Crippen LogP contribution in [0.5, 0.6) is 0 Å². The van der Waals surface area contributed by atoms with Crippen molar-refractivity contribution in [1.82, 2.24) is 4.98 Å². The van der Waals surface area contributed by atoms with E-state index in [4.69, 9.17) is 0 Å². The maximum Gasteiger partial charge on any atom is 0.257 e. The predicted molar refractivity (Wildman–Crippen MR) is 103 cm³/mol. The largest absolute Gasteiger partial charge is 0.378 e. The second-order valence-electron chi connectivity index (χ2n) is 5.78. The Morgan fingerprint density at radius 3 is 2.40 bits per heavy atom. The number of hydrogen-bond acceptors (Lipinski definition) is 5. The van der Waals surface area contributed by atoms with E-state index in [2.05, 4.69) is 15.6 Å². The van der Waals surface area contributed by atoms with Crippen LogP contribution in [-0.4, -0.2) is 30.9 Å². The Labute approximate surface area is 149 Å². The van der Waals surface area contributed by atoms with Gasteiger partial charge in [-0.05, 0) is 42.5 Å². The first kappa shape index (κ1) is 16.9. The number of nitrogens with one attached hydrogen (secondary N) is 2. The summed E-state index contributed by atoms with van der Waals surface area (Å²) in [5.74, 6) is -0.329. The Bertz CT molecular complexity index is 932. The molecule has 2 amide bonds. The maximum absolute atomic E-state index is 12.4. The van der Waals surface area contributed by atoms with Crippen molar-refractivity contribution in [3.63, 3.8) is 0 Å². The number of thiazole rings is 1. The first-order valence-corrected chi connectivity index (χ1v) is 8.51. The number of nitrogens with zero attached hydrogens (tertiary/aromatic N) is 2. The van der Waals surface area contributed by atoms with Gasteiger partial charge in [-0.3, -0.25) is 14.9 Å². The van der Waals surface area contributed by atoms with Crippen LogP contribution in [0.15, 0.2) is 42.5 Å². The van der Waals surface area contributed by atoms with E-state index in [-0.39, 0.29) is 11.8 Å². The highest BCUT2D eigenvalue weighted by molar-refractivity contribution is 7.22. The van der Waals surface area contributed by atoms with Gasteiger partial charge in [0.25, 0.3) is 5.91 Å². The summed E-state index contributed by atoms with van der Waals surface area (Å²) in [6, 6.07) is 12.8. The first-order chi connectivity index (χ1) is 11.9. The average molecular weight is 354 g/mol. The molecule has 0 bridgehead atoms. The molecule has 0 fully saturated rings. The van der Waals surface area contributed by atoms with E-state index in [1.54, 1.807) is 18.2 Å². The molecule has 0 saturated carbocycles. The van der Waals surface area contributed by atoms with Gasteiger partial charge in [0.2, 0.25) is 5.91 Å². The van der Waals surface area contributed by atoms with Crippen molar-refractivity contribution in [2.45, 2.75) is 6.92 Å². The molecule has 0 aliphatic rings. The Balaban J connectivity index is 1.77. The molecule has 3 aromatic rings. The van der Waals surface area contributed by atoms with Crippen LogP contribution in [0.1, 0.15) is 17.3 Å². The van der Waals surface area contributed by atoms with E-state index in [0.29, 0.717) is 16.4 Å². The second kappa shape index (κ2) is 6.90. The zero-order chi connectivity index (χ0) is 18.0. The van der Waals surface area contributed by atoms with Gasteiger partial charge >= 0.3 is 0 Å². The van der Waals surface area contributed by atoms with Gasteiger partial charge in [0, 0.05) is 38.0 Å². The number of hydrogen-bond donors (Lipinski definition) is 2. The van der Waals surface area contributed by atoms with Crippen molar-refractivity contribution in [3.05, 3.63) is 48.0 Å². The Hall–Kier alpha value is -2.93. The van der Waals surface area contributed by atoms with Crippen molar-refractivity contribution >= 4 is 49.9 Å². The van der Waals surface area contributed by atoms with Crippen molar-refractivity contribution < 1.29 is 9.59 Å². The molecule has 1 heterocycles. The molecular weight excluding hydrogens is 336 g/mol. The quantitative estimate of drug-likeness (QED) is 0.751. The summed E-state index contributed by atoms with van der Waals surface area (Å²) in [5.41, 5.74) is 3.09. The van der Waals surface area contributed by atoms with Crippen LogP contribution in [-0.2, 0) is 4.79 Å². The summed E-state index contributed by atoms with van der Waals surface area (Å²) in [7, 11) is 3.90. The number of fused-ring (bicyclic) bond motifs is 1. The van der Waals surface area contributed by atoms with Crippen LogP contribution >= 0.6 is 11.3 Å². The molecule has 2 N–H and O–H groups in total. The SMILES string of the molecule is CC(=O)Nc1ccc2nc(NC(=O)c3ccc(N(C)C)cc3)sc2c1. The molecule has 2 aromatic carbocycles. The van der Waals surface area contributed by atoms with Crippen molar-refractivity contribution in [2.75, 3.05) is 29.6 Å². The molecule has 0 atom stereocenters. The lowest BCUT2D eigenvalue weighted by Crippen LogP contribution is -2.13. The van der Waals surface area contributed by atoms with Gasteiger partial charge in [0.15, 0.2) is 5.13 Å². The molecular formula is C18H18N4O2S. The lowest BCUT2D eigenvalue weighted by atomic mass is 10.2. The molecule has 0 spiro atoms. The van der Waals surface area contributed by atoms with Crippen LogP contribution < -0.4 is 15.5 Å². The minimum atomic E-state index is -0.202. The third kappa shape index (κ3) is 3.95.